The molecule has 152 valence electrons. The number of rotatable bonds is 9. The normalized spacial score (nSPS) is 10.9. The molecule has 0 heterocycles. The number of unbranched alkanes of at least 4 members (excludes halogenated alkanes) is 1. The van der Waals surface area contributed by atoms with Crippen LogP contribution in [-0.2, 0) is 11.2 Å². The van der Waals surface area contributed by atoms with E-state index in [4.69, 9.17) is 9.47 Å². The summed E-state index contributed by atoms with van der Waals surface area (Å²) in [5.41, 5.74) is 3.93. The number of benzene rings is 3. The fourth-order valence-corrected chi connectivity index (χ4v) is 3.51. The van der Waals surface area contributed by atoms with Crippen molar-refractivity contribution >= 4 is 16.7 Å². The number of carbonyl (C=O) groups excluding carboxylic acids is 1. The van der Waals surface area contributed by atoms with Crippen molar-refractivity contribution in [3.05, 3.63) is 65.7 Å². The van der Waals surface area contributed by atoms with Gasteiger partial charge in [0.05, 0.1) is 19.8 Å². The standard InChI is InChI=1S/C25H29NO3/c1-4-5-12-26-13-11-20-16-22(15-19-9-10-23(28-2)17-24(19)20)18-7-6-8-21(14-18)25(27)29-3/h6-10,14-17,26H,4-5,11-13H2,1-3H3. The molecule has 0 aliphatic carbocycles. The monoisotopic (exact) mass is 391 g/mol. The zero-order chi connectivity index (χ0) is 20.6. The van der Waals surface area contributed by atoms with Crippen molar-refractivity contribution in [1.29, 1.82) is 0 Å². The lowest BCUT2D eigenvalue weighted by molar-refractivity contribution is 0.0601. The van der Waals surface area contributed by atoms with Gasteiger partial charge < -0.3 is 14.8 Å². The van der Waals surface area contributed by atoms with E-state index in [9.17, 15) is 4.79 Å². The van der Waals surface area contributed by atoms with E-state index in [0.717, 1.165) is 41.8 Å². The first-order valence-corrected chi connectivity index (χ1v) is 10.2. The van der Waals surface area contributed by atoms with Crippen LogP contribution in [0.3, 0.4) is 0 Å². The van der Waals surface area contributed by atoms with Crippen LogP contribution in [0.15, 0.2) is 54.6 Å². The Morgan fingerprint density at radius 1 is 0.966 bits per heavy atom. The van der Waals surface area contributed by atoms with Crippen molar-refractivity contribution in [2.24, 2.45) is 0 Å². The van der Waals surface area contributed by atoms with Crippen LogP contribution in [0, 0.1) is 0 Å². The van der Waals surface area contributed by atoms with Gasteiger partial charge in [0, 0.05) is 0 Å². The van der Waals surface area contributed by atoms with Crippen molar-refractivity contribution in [3.63, 3.8) is 0 Å². The zero-order valence-corrected chi connectivity index (χ0v) is 17.5. The Kier molecular flexibility index (Phi) is 7.25. The van der Waals surface area contributed by atoms with Crippen LogP contribution in [0.2, 0.25) is 0 Å². The number of hydrogen-bond acceptors (Lipinski definition) is 4. The van der Waals surface area contributed by atoms with E-state index >= 15 is 0 Å². The number of nitrogens with one attached hydrogen (secondary N) is 1. The highest BCUT2D eigenvalue weighted by atomic mass is 16.5. The van der Waals surface area contributed by atoms with Crippen molar-refractivity contribution in [2.45, 2.75) is 26.2 Å². The van der Waals surface area contributed by atoms with Gasteiger partial charge in [0.1, 0.15) is 5.75 Å². The molecule has 0 spiro atoms. The predicted molar refractivity (Wildman–Crippen MR) is 119 cm³/mol. The van der Waals surface area contributed by atoms with Crippen molar-refractivity contribution < 1.29 is 14.3 Å². The maximum Gasteiger partial charge on any atom is 0.337 e. The Hall–Kier alpha value is -2.85. The Labute approximate surface area is 172 Å². The predicted octanol–water partition coefficient (Wildman–Crippen LogP) is 5.23. The lowest BCUT2D eigenvalue weighted by Gasteiger charge is -2.13. The van der Waals surface area contributed by atoms with Gasteiger partial charge in [-0.1, -0.05) is 37.6 Å². The van der Waals surface area contributed by atoms with Gasteiger partial charge in [0.25, 0.3) is 0 Å². The van der Waals surface area contributed by atoms with E-state index in [-0.39, 0.29) is 5.97 Å². The number of carbonyl (C=O) groups is 1. The van der Waals surface area contributed by atoms with E-state index < -0.39 is 0 Å². The molecule has 1 N–H and O–H groups in total. The minimum absolute atomic E-state index is 0.322. The SMILES string of the molecule is CCCCNCCc1cc(-c2cccc(C(=O)OC)c2)cc2ccc(OC)cc12. The van der Waals surface area contributed by atoms with E-state index in [1.807, 2.05) is 24.3 Å². The Morgan fingerprint density at radius 3 is 2.59 bits per heavy atom. The summed E-state index contributed by atoms with van der Waals surface area (Å²) >= 11 is 0. The van der Waals surface area contributed by atoms with E-state index in [1.165, 1.54) is 30.9 Å². The first-order valence-electron chi connectivity index (χ1n) is 10.2. The lowest BCUT2D eigenvalue weighted by atomic mass is 9.94. The van der Waals surface area contributed by atoms with Crippen LogP contribution in [0.25, 0.3) is 21.9 Å². The number of ether oxygens (including phenoxy) is 2. The third-order valence-corrected chi connectivity index (χ3v) is 5.14. The molecule has 0 fully saturated rings. The van der Waals surface area contributed by atoms with Gasteiger partial charge in [-0.3, -0.25) is 0 Å². The molecule has 0 saturated carbocycles. The van der Waals surface area contributed by atoms with Gasteiger partial charge in [0.15, 0.2) is 0 Å². The molecular weight excluding hydrogens is 362 g/mol. The highest BCUT2D eigenvalue weighted by Crippen LogP contribution is 2.31. The highest BCUT2D eigenvalue weighted by molar-refractivity contribution is 5.94. The Bertz CT molecular complexity index is 981. The van der Waals surface area contributed by atoms with E-state index in [2.05, 4.69) is 36.5 Å². The molecular formula is C25H29NO3. The molecule has 0 amide bonds. The molecule has 0 aliphatic heterocycles. The summed E-state index contributed by atoms with van der Waals surface area (Å²) in [6.45, 7) is 4.17. The van der Waals surface area contributed by atoms with E-state index in [0.29, 0.717) is 5.56 Å². The number of esters is 1. The number of hydrogen-bond donors (Lipinski definition) is 1. The first kappa shape index (κ1) is 20.9. The molecule has 3 aromatic carbocycles. The number of methoxy groups -OCH3 is 2. The average Bonchev–Trinajstić information content (AvgIpc) is 2.77. The van der Waals surface area contributed by atoms with Gasteiger partial charge in [0.2, 0.25) is 0 Å². The van der Waals surface area contributed by atoms with Crippen LogP contribution in [0.4, 0.5) is 0 Å². The largest absolute Gasteiger partial charge is 0.497 e. The molecule has 0 aliphatic rings. The van der Waals surface area contributed by atoms with Crippen LogP contribution >= 0.6 is 0 Å². The highest BCUT2D eigenvalue weighted by Gasteiger charge is 2.10. The van der Waals surface area contributed by atoms with Gasteiger partial charge >= 0.3 is 5.97 Å². The lowest BCUT2D eigenvalue weighted by Crippen LogP contribution is -2.18. The van der Waals surface area contributed by atoms with Crippen molar-refractivity contribution in [1.82, 2.24) is 5.32 Å². The van der Waals surface area contributed by atoms with E-state index in [1.54, 1.807) is 13.2 Å². The number of fused-ring (bicyclic) bond motifs is 1. The fraction of sp³-hybridized carbons (Fsp3) is 0.320. The summed E-state index contributed by atoms with van der Waals surface area (Å²) in [5.74, 6) is 0.538. The summed E-state index contributed by atoms with van der Waals surface area (Å²) in [5, 5.41) is 5.89. The second-order valence-electron chi connectivity index (χ2n) is 7.15. The van der Waals surface area contributed by atoms with Crippen LogP contribution in [-0.4, -0.2) is 33.3 Å². The summed E-state index contributed by atoms with van der Waals surface area (Å²) in [6, 6.07) is 18.2. The molecule has 4 heteroatoms. The third-order valence-electron chi connectivity index (χ3n) is 5.14. The Morgan fingerprint density at radius 2 is 1.83 bits per heavy atom. The maximum atomic E-state index is 11.9. The quantitative estimate of drug-likeness (QED) is 0.401. The third kappa shape index (κ3) is 5.15. The van der Waals surface area contributed by atoms with Gasteiger partial charge in [-0.05, 0) is 83.7 Å². The minimum atomic E-state index is -0.322. The maximum absolute atomic E-state index is 11.9. The molecule has 0 unspecified atom stereocenters. The topological polar surface area (TPSA) is 47.6 Å². The van der Waals surface area contributed by atoms with Crippen LogP contribution in [0.5, 0.6) is 5.75 Å². The second-order valence-corrected chi connectivity index (χ2v) is 7.15. The fourth-order valence-electron chi connectivity index (χ4n) is 3.51. The molecule has 0 atom stereocenters. The first-order chi connectivity index (χ1) is 14.2. The minimum Gasteiger partial charge on any atom is -0.497 e. The van der Waals surface area contributed by atoms with Crippen LogP contribution < -0.4 is 10.1 Å². The summed E-state index contributed by atoms with van der Waals surface area (Å²) in [6.07, 6.45) is 3.31. The Balaban J connectivity index is 1.99. The van der Waals surface area contributed by atoms with Crippen molar-refractivity contribution in [3.8, 4) is 16.9 Å². The average molecular weight is 392 g/mol. The molecule has 4 nitrogen and oxygen atoms in total. The molecule has 3 aromatic rings. The van der Waals surface area contributed by atoms with Gasteiger partial charge in [-0.25, -0.2) is 4.79 Å². The zero-order valence-electron chi connectivity index (χ0n) is 17.5. The molecule has 29 heavy (non-hydrogen) atoms. The van der Waals surface area contributed by atoms with Gasteiger partial charge in [-0.2, -0.15) is 0 Å². The van der Waals surface area contributed by atoms with Crippen molar-refractivity contribution in [2.75, 3.05) is 27.3 Å². The summed E-state index contributed by atoms with van der Waals surface area (Å²) in [7, 11) is 3.10. The molecule has 0 saturated heterocycles. The second kappa shape index (κ2) is 10.1. The summed E-state index contributed by atoms with van der Waals surface area (Å²) < 4.78 is 10.3. The smallest absolute Gasteiger partial charge is 0.337 e. The summed E-state index contributed by atoms with van der Waals surface area (Å²) in [4.78, 5) is 11.9. The van der Waals surface area contributed by atoms with Gasteiger partial charge in [-0.15, -0.1) is 0 Å². The molecule has 0 aromatic heterocycles. The molecule has 0 radical (unpaired) electrons. The molecule has 3 rings (SSSR count). The molecule has 0 bridgehead atoms. The van der Waals surface area contributed by atoms with Crippen LogP contribution in [0.1, 0.15) is 35.7 Å².